The van der Waals surface area contributed by atoms with E-state index in [9.17, 15) is 9.90 Å². The van der Waals surface area contributed by atoms with Crippen LogP contribution in [0.2, 0.25) is 0 Å². The Hall–Kier alpha value is -2.42. The zero-order valence-corrected chi connectivity index (χ0v) is 10.00. The van der Waals surface area contributed by atoms with Crippen molar-refractivity contribution in [2.24, 2.45) is 0 Å². The fourth-order valence-corrected chi connectivity index (χ4v) is 1.67. The quantitative estimate of drug-likeness (QED) is 0.837. The smallest absolute Gasteiger partial charge is 0.336 e. The molecule has 0 amide bonds. The fraction of sp³-hybridized carbons (Fsp3) is 0.0667. The summed E-state index contributed by atoms with van der Waals surface area (Å²) < 4.78 is 0. The average molecular weight is 239 g/mol. The maximum atomic E-state index is 11.3. The van der Waals surface area contributed by atoms with Gasteiger partial charge in [0.05, 0.1) is 5.57 Å². The third-order valence-corrected chi connectivity index (χ3v) is 2.69. The summed E-state index contributed by atoms with van der Waals surface area (Å²) in [6.45, 7) is 1.93. The zero-order valence-electron chi connectivity index (χ0n) is 10.00. The minimum absolute atomic E-state index is 0.270. The molecular weight excluding hydrogens is 226 g/mol. The predicted octanol–water partition coefficient (Wildman–Crippen LogP) is 3.02. The van der Waals surface area contributed by atoms with E-state index in [0.29, 0.717) is 5.56 Å². The molecule has 1 heterocycles. The van der Waals surface area contributed by atoms with E-state index in [4.69, 9.17) is 0 Å². The molecule has 0 aliphatic carbocycles. The number of hydrogen-bond donors (Lipinski definition) is 1. The molecule has 18 heavy (non-hydrogen) atoms. The highest BCUT2D eigenvalue weighted by Crippen LogP contribution is 2.19. The fourth-order valence-electron chi connectivity index (χ4n) is 1.67. The summed E-state index contributed by atoms with van der Waals surface area (Å²) in [5, 5.41) is 9.29. The molecule has 0 saturated heterocycles. The van der Waals surface area contributed by atoms with Crippen LogP contribution >= 0.6 is 0 Å². The molecule has 3 nitrogen and oxygen atoms in total. The van der Waals surface area contributed by atoms with E-state index in [-0.39, 0.29) is 5.57 Å². The lowest BCUT2D eigenvalue weighted by molar-refractivity contribution is -0.130. The van der Waals surface area contributed by atoms with Crippen molar-refractivity contribution in [3.05, 3.63) is 65.5 Å². The zero-order chi connectivity index (χ0) is 13.0. The first kappa shape index (κ1) is 12.0. The summed E-state index contributed by atoms with van der Waals surface area (Å²) in [6.07, 6.45) is 5.01. The number of nitrogens with zero attached hydrogens (tertiary/aromatic N) is 1. The minimum Gasteiger partial charge on any atom is -0.478 e. The van der Waals surface area contributed by atoms with Gasteiger partial charge >= 0.3 is 5.97 Å². The van der Waals surface area contributed by atoms with Crippen LogP contribution in [0, 0.1) is 6.92 Å². The highest BCUT2D eigenvalue weighted by molar-refractivity contribution is 6.20. The van der Waals surface area contributed by atoms with Crippen LogP contribution in [0.4, 0.5) is 0 Å². The summed E-state index contributed by atoms with van der Waals surface area (Å²) in [4.78, 5) is 15.3. The van der Waals surface area contributed by atoms with E-state index in [1.165, 1.54) is 0 Å². The molecule has 0 radical (unpaired) electrons. The molecule has 2 aromatic rings. The average Bonchev–Trinajstić information content (AvgIpc) is 2.38. The second kappa shape index (κ2) is 5.27. The van der Waals surface area contributed by atoms with Crippen molar-refractivity contribution in [2.45, 2.75) is 6.92 Å². The summed E-state index contributed by atoms with van der Waals surface area (Å²) in [5.74, 6) is -0.940. The Morgan fingerprint density at radius 1 is 1.22 bits per heavy atom. The van der Waals surface area contributed by atoms with Crippen LogP contribution in [-0.2, 0) is 4.79 Å². The molecular formula is C15H13NO2. The van der Waals surface area contributed by atoms with Gasteiger partial charge in [-0.1, -0.05) is 30.3 Å². The summed E-state index contributed by atoms with van der Waals surface area (Å²) in [6, 6.07) is 10.9. The van der Waals surface area contributed by atoms with Crippen LogP contribution in [0.1, 0.15) is 16.7 Å². The first-order valence-electron chi connectivity index (χ1n) is 5.59. The van der Waals surface area contributed by atoms with Crippen molar-refractivity contribution in [3.8, 4) is 0 Å². The van der Waals surface area contributed by atoms with Gasteiger partial charge in [-0.3, -0.25) is 4.98 Å². The lowest BCUT2D eigenvalue weighted by Crippen LogP contribution is -1.99. The molecule has 0 saturated carbocycles. The number of pyridine rings is 1. The number of carboxylic acid groups (broad SMARTS) is 1. The maximum Gasteiger partial charge on any atom is 0.336 e. The lowest BCUT2D eigenvalue weighted by Gasteiger charge is -2.04. The Morgan fingerprint density at radius 2 is 1.94 bits per heavy atom. The highest BCUT2D eigenvalue weighted by atomic mass is 16.4. The van der Waals surface area contributed by atoms with Gasteiger partial charge in [-0.15, -0.1) is 0 Å². The molecule has 3 heteroatoms. The standard InChI is InChI=1S/C15H13NO2/c1-11-7-8-16-10-13(11)9-14(15(17)18)12-5-3-2-4-6-12/h2-10H,1H3,(H,17,18)/b14-9+. The van der Waals surface area contributed by atoms with Crippen LogP contribution in [-0.4, -0.2) is 16.1 Å². The molecule has 0 aliphatic rings. The van der Waals surface area contributed by atoms with E-state index in [2.05, 4.69) is 4.98 Å². The Balaban J connectivity index is 2.50. The summed E-state index contributed by atoms with van der Waals surface area (Å²) in [7, 11) is 0. The van der Waals surface area contributed by atoms with Crippen LogP contribution in [0.15, 0.2) is 48.8 Å². The Morgan fingerprint density at radius 3 is 2.56 bits per heavy atom. The first-order valence-corrected chi connectivity index (χ1v) is 5.59. The second-order valence-corrected chi connectivity index (χ2v) is 3.96. The van der Waals surface area contributed by atoms with Gasteiger partial charge in [0.1, 0.15) is 0 Å². The Kier molecular flexibility index (Phi) is 3.53. The minimum atomic E-state index is -0.940. The molecule has 2 rings (SSSR count). The Labute approximate surface area is 105 Å². The number of carbonyl (C=O) groups is 1. The van der Waals surface area contributed by atoms with Gasteiger partial charge < -0.3 is 5.11 Å². The monoisotopic (exact) mass is 239 g/mol. The van der Waals surface area contributed by atoms with Gasteiger partial charge in [0.25, 0.3) is 0 Å². The molecule has 1 aromatic carbocycles. The number of aliphatic carboxylic acids is 1. The molecule has 90 valence electrons. The van der Waals surface area contributed by atoms with Gasteiger partial charge in [-0.05, 0) is 35.8 Å². The summed E-state index contributed by atoms with van der Waals surface area (Å²) >= 11 is 0. The third-order valence-electron chi connectivity index (χ3n) is 2.69. The van der Waals surface area contributed by atoms with Crippen molar-refractivity contribution in [3.63, 3.8) is 0 Å². The van der Waals surface area contributed by atoms with Crippen molar-refractivity contribution in [1.82, 2.24) is 4.98 Å². The number of hydrogen-bond acceptors (Lipinski definition) is 2. The van der Waals surface area contributed by atoms with Crippen molar-refractivity contribution in [1.29, 1.82) is 0 Å². The van der Waals surface area contributed by atoms with E-state index in [0.717, 1.165) is 11.1 Å². The predicted molar refractivity (Wildman–Crippen MR) is 70.9 cm³/mol. The normalized spacial score (nSPS) is 11.3. The Bertz CT molecular complexity index is 588. The van der Waals surface area contributed by atoms with E-state index >= 15 is 0 Å². The lowest BCUT2D eigenvalue weighted by atomic mass is 10.0. The van der Waals surface area contributed by atoms with Gasteiger partial charge in [0.2, 0.25) is 0 Å². The number of aromatic nitrogens is 1. The van der Waals surface area contributed by atoms with Gasteiger partial charge in [-0.25, -0.2) is 4.79 Å². The number of benzene rings is 1. The van der Waals surface area contributed by atoms with Crippen molar-refractivity contribution < 1.29 is 9.90 Å². The molecule has 0 unspecified atom stereocenters. The molecule has 1 N–H and O–H groups in total. The second-order valence-electron chi connectivity index (χ2n) is 3.96. The number of rotatable bonds is 3. The van der Waals surface area contributed by atoms with Crippen LogP contribution in [0.3, 0.4) is 0 Å². The van der Waals surface area contributed by atoms with Crippen molar-refractivity contribution in [2.75, 3.05) is 0 Å². The van der Waals surface area contributed by atoms with Crippen LogP contribution in [0.25, 0.3) is 11.6 Å². The van der Waals surface area contributed by atoms with E-state index in [1.54, 1.807) is 30.6 Å². The number of carboxylic acids is 1. The van der Waals surface area contributed by atoms with Gasteiger partial charge in [0.15, 0.2) is 0 Å². The highest BCUT2D eigenvalue weighted by Gasteiger charge is 2.10. The SMILES string of the molecule is Cc1ccncc1/C=C(/C(=O)O)c1ccccc1. The van der Waals surface area contributed by atoms with E-state index < -0.39 is 5.97 Å². The largest absolute Gasteiger partial charge is 0.478 e. The first-order chi connectivity index (χ1) is 8.68. The van der Waals surface area contributed by atoms with Gasteiger partial charge in [-0.2, -0.15) is 0 Å². The van der Waals surface area contributed by atoms with Crippen LogP contribution < -0.4 is 0 Å². The topological polar surface area (TPSA) is 50.2 Å². The molecule has 0 atom stereocenters. The molecule has 0 bridgehead atoms. The third kappa shape index (κ3) is 2.63. The number of aryl methyl sites for hydroxylation is 1. The molecule has 0 aliphatic heterocycles. The maximum absolute atomic E-state index is 11.3. The van der Waals surface area contributed by atoms with Crippen molar-refractivity contribution >= 4 is 17.6 Å². The van der Waals surface area contributed by atoms with Crippen LogP contribution in [0.5, 0.6) is 0 Å². The molecule has 0 fully saturated rings. The molecule has 1 aromatic heterocycles. The van der Waals surface area contributed by atoms with Gasteiger partial charge in [0, 0.05) is 12.4 Å². The van der Waals surface area contributed by atoms with E-state index in [1.807, 2.05) is 31.2 Å². The summed E-state index contributed by atoms with van der Waals surface area (Å²) in [5.41, 5.74) is 2.78. The molecule has 0 spiro atoms.